The van der Waals surface area contributed by atoms with Gasteiger partial charge >= 0.3 is 17.9 Å². The second-order valence-corrected chi connectivity index (χ2v) is 15.0. The third-order valence-electron chi connectivity index (χ3n) is 8.36. The van der Waals surface area contributed by atoms with Crippen LogP contribution in [0.1, 0.15) is 52.9 Å². The standard InChI is InChI=1S/C12H13ClFNO2.C11H9ClFNO2.C9H5ClFNO2.C7H7ClFN.C6H5ClFN/c1-3-17-12(16)8(2)15-7-9-6-10(14)4-5-11(9)13;1-2-16-11(15)9-5-6-7(12)3-4-8(13)10(6)14-9;10-5-1-2-6(11)8-4(5)3-7(12-8)9(13)14;8-7-2-1-6(9)3-5(7)4-10;7-5-2-1-4(8)3-6(5)9/h4-6H,3,7H2,1-2H3;3-5,14H,2H2,1H3;1-3,12H,(H,13,14);1-3H,4,10H2;1-3H,9H2. The van der Waals surface area contributed by atoms with E-state index in [2.05, 4.69) is 15.0 Å². The first kappa shape index (κ1) is 54.5. The average molecular weight is 1020 g/mol. The predicted molar refractivity (Wildman–Crippen MR) is 249 cm³/mol. The third kappa shape index (κ3) is 16.2. The lowest BCUT2D eigenvalue weighted by Gasteiger charge is -2.03. The molecule has 2 heterocycles. The van der Waals surface area contributed by atoms with Crippen molar-refractivity contribution in [1.29, 1.82) is 0 Å². The Morgan fingerprint density at radius 3 is 1.50 bits per heavy atom. The summed E-state index contributed by atoms with van der Waals surface area (Å²) in [7, 11) is 0. The van der Waals surface area contributed by atoms with Gasteiger partial charge in [-0.1, -0.05) is 58.0 Å². The van der Waals surface area contributed by atoms with E-state index in [1.54, 1.807) is 20.8 Å². The smallest absolute Gasteiger partial charge is 0.354 e. The number of hydrogen-bond acceptors (Lipinski definition) is 8. The van der Waals surface area contributed by atoms with E-state index < -0.39 is 29.5 Å². The quantitative estimate of drug-likeness (QED) is 0.0431. The first-order valence-electron chi connectivity index (χ1n) is 19.0. The summed E-state index contributed by atoms with van der Waals surface area (Å²) >= 11 is 28.7. The molecule has 0 atom stereocenters. The molecule has 0 radical (unpaired) electrons. The molecule has 2 aromatic heterocycles. The number of carbonyl (C=O) groups is 3. The van der Waals surface area contributed by atoms with Gasteiger partial charge in [0.15, 0.2) is 0 Å². The highest BCUT2D eigenvalue weighted by atomic mass is 35.5. The van der Waals surface area contributed by atoms with Crippen molar-refractivity contribution >= 4 is 109 Å². The van der Waals surface area contributed by atoms with Crippen molar-refractivity contribution in [2.24, 2.45) is 10.7 Å². The first-order chi connectivity index (χ1) is 31.2. The molecule has 21 heteroatoms. The second kappa shape index (κ2) is 26.3. The van der Waals surface area contributed by atoms with Gasteiger partial charge in [-0.15, -0.1) is 0 Å². The normalized spacial score (nSPS) is 10.6. The number of nitrogen functional groups attached to an aromatic ring is 1. The fraction of sp³-hybridized carbons (Fsp3) is 0.156. The molecule has 0 unspecified atom stereocenters. The maximum absolute atomic E-state index is 13.4. The number of aromatic carboxylic acids is 1. The SMILES string of the molecule is CCOC(=O)C(C)=NCc1cc(F)ccc1Cl.CCOC(=O)c1cc2c(Cl)ccc(F)c2[nH]1.NCc1cc(F)ccc1Cl.Nc1cc(F)ccc1Cl.O=C(O)c1cc2c(Cl)ccc(F)c2[nH]1. The van der Waals surface area contributed by atoms with Crippen molar-refractivity contribution in [2.75, 3.05) is 18.9 Å². The minimum atomic E-state index is -1.14. The zero-order valence-electron chi connectivity index (χ0n) is 34.9. The van der Waals surface area contributed by atoms with Crippen LogP contribution < -0.4 is 11.5 Å². The van der Waals surface area contributed by atoms with Crippen LogP contribution in [0.5, 0.6) is 0 Å². The van der Waals surface area contributed by atoms with Crippen molar-refractivity contribution in [3.8, 4) is 0 Å². The number of hydrogen-bond donors (Lipinski definition) is 5. The second-order valence-electron chi connectivity index (χ2n) is 13.0. The van der Waals surface area contributed by atoms with Gasteiger partial charge in [-0.25, -0.2) is 36.3 Å². The molecule has 0 saturated heterocycles. The van der Waals surface area contributed by atoms with Crippen molar-refractivity contribution in [3.05, 3.63) is 168 Å². The van der Waals surface area contributed by atoms with Gasteiger partial charge in [-0.3, -0.25) is 4.99 Å². The van der Waals surface area contributed by atoms with Crippen LogP contribution in [0.3, 0.4) is 0 Å². The Morgan fingerprint density at radius 2 is 1.06 bits per heavy atom. The molecule has 0 saturated carbocycles. The zero-order valence-corrected chi connectivity index (χ0v) is 38.6. The summed E-state index contributed by atoms with van der Waals surface area (Å²) in [5.74, 6) is -4.15. The van der Waals surface area contributed by atoms with Crippen LogP contribution in [0, 0.1) is 29.1 Å². The maximum Gasteiger partial charge on any atom is 0.354 e. The molecule has 66 heavy (non-hydrogen) atoms. The highest BCUT2D eigenvalue weighted by molar-refractivity contribution is 6.36. The Balaban J connectivity index is 0.000000223. The monoisotopic (exact) mass is 1020 g/mol. The number of fused-ring (bicyclic) bond motifs is 2. The number of aliphatic imine (C=N–C) groups is 1. The van der Waals surface area contributed by atoms with Gasteiger partial charge in [0.05, 0.1) is 51.5 Å². The molecular formula is C45H39Cl5F5N5O6. The van der Waals surface area contributed by atoms with Crippen molar-refractivity contribution in [2.45, 2.75) is 33.9 Å². The molecule has 350 valence electrons. The summed E-state index contributed by atoms with van der Waals surface area (Å²) in [6.07, 6.45) is 0. The van der Waals surface area contributed by atoms with E-state index >= 15 is 0 Å². The number of nitrogens with zero attached hydrogens (tertiary/aromatic N) is 1. The lowest BCUT2D eigenvalue weighted by atomic mass is 10.2. The Kier molecular flexibility index (Phi) is 21.7. The van der Waals surface area contributed by atoms with Crippen LogP contribution in [-0.2, 0) is 27.4 Å². The summed E-state index contributed by atoms with van der Waals surface area (Å²) in [6.45, 7) is 5.96. The van der Waals surface area contributed by atoms with Crippen LogP contribution in [0.25, 0.3) is 21.8 Å². The number of carbonyl (C=O) groups excluding carboxylic acids is 2. The van der Waals surface area contributed by atoms with E-state index in [0.717, 1.165) is 0 Å². The number of aromatic amines is 2. The van der Waals surface area contributed by atoms with E-state index in [1.807, 2.05) is 0 Å². The van der Waals surface area contributed by atoms with Crippen LogP contribution in [0.4, 0.5) is 27.6 Å². The third-order valence-corrected chi connectivity index (χ3v) is 10.1. The molecule has 7 aromatic rings. The molecule has 0 aliphatic carbocycles. The van der Waals surface area contributed by atoms with Gasteiger partial charge in [0.2, 0.25) is 0 Å². The highest BCUT2D eigenvalue weighted by Crippen LogP contribution is 2.28. The molecule has 0 amide bonds. The number of halogens is 10. The van der Waals surface area contributed by atoms with Gasteiger partial charge in [0.1, 0.15) is 46.2 Å². The molecule has 7 rings (SSSR count). The van der Waals surface area contributed by atoms with Crippen molar-refractivity contribution < 1.29 is 50.9 Å². The molecule has 11 nitrogen and oxygen atoms in total. The van der Waals surface area contributed by atoms with Crippen molar-refractivity contribution in [3.63, 3.8) is 0 Å². The maximum atomic E-state index is 13.4. The number of nitrogens with two attached hydrogens (primary N) is 2. The summed E-state index contributed by atoms with van der Waals surface area (Å²) in [4.78, 5) is 42.4. The first-order valence-corrected chi connectivity index (χ1v) is 20.9. The lowest BCUT2D eigenvalue weighted by molar-refractivity contribution is -0.135. The van der Waals surface area contributed by atoms with Gasteiger partial charge in [-0.2, -0.15) is 0 Å². The predicted octanol–water partition coefficient (Wildman–Crippen LogP) is 12.8. The van der Waals surface area contributed by atoms with E-state index in [-0.39, 0.29) is 71.0 Å². The number of aromatic nitrogens is 2. The fourth-order valence-electron chi connectivity index (χ4n) is 5.12. The van der Waals surface area contributed by atoms with Crippen LogP contribution in [0.2, 0.25) is 25.1 Å². The Hall–Kier alpha value is -5.88. The largest absolute Gasteiger partial charge is 0.477 e. The lowest BCUT2D eigenvalue weighted by Crippen LogP contribution is -2.14. The molecule has 5 aromatic carbocycles. The van der Waals surface area contributed by atoms with Crippen LogP contribution in [-0.4, -0.2) is 51.9 Å². The van der Waals surface area contributed by atoms with Gasteiger partial charge < -0.3 is 36.0 Å². The number of esters is 2. The molecular weight excluding hydrogens is 979 g/mol. The molecule has 0 spiro atoms. The average Bonchev–Trinajstić information content (AvgIpc) is 3.96. The summed E-state index contributed by atoms with van der Waals surface area (Å²) in [5.41, 5.74) is 12.7. The number of rotatable bonds is 8. The summed E-state index contributed by atoms with van der Waals surface area (Å²) in [5, 5.41) is 11.6. The number of ether oxygens (including phenoxy) is 2. The summed E-state index contributed by atoms with van der Waals surface area (Å²) < 4.78 is 73.7. The van der Waals surface area contributed by atoms with Crippen LogP contribution in [0.15, 0.2) is 96.0 Å². The minimum absolute atomic E-state index is 0.0769. The van der Waals surface area contributed by atoms with E-state index in [4.69, 9.17) is 84.1 Å². The molecule has 0 aliphatic heterocycles. The van der Waals surface area contributed by atoms with E-state index in [9.17, 15) is 36.3 Å². The summed E-state index contributed by atoms with van der Waals surface area (Å²) in [6, 6.07) is 20.1. The highest BCUT2D eigenvalue weighted by Gasteiger charge is 2.15. The Morgan fingerprint density at radius 1 is 0.621 bits per heavy atom. The molecule has 0 bridgehead atoms. The number of anilines is 1. The van der Waals surface area contributed by atoms with Crippen LogP contribution >= 0.6 is 58.0 Å². The molecule has 0 fully saturated rings. The zero-order chi connectivity index (χ0) is 49.2. The van der Waals surface area contributed by atoms with Gasteiger partial charge in [0, 0.05) is 27.4 Å². The van der Waals surface area contributed by atoms with Gasteiger partial charge in [0.25, 0.3) is 0 Å². The van der Waals surface area contributed by atoms with Gasteiger partial charge in [-0.05, 0) is 123 Å². The Labute approximate surface area is 399 Å². The number of benzene rings is 5. The minimum Gasteiger partial charge on any atom is -0.477 e. The number of nitrogens with one attached hydrogen (secondary N) is 2. The number of carboxylic acids is 1. The number of H-pyrrole nitrogens is 2. The topological polar surface area (TPSA) is 186 Å². The molecule has 0 aliphatic rings. The van der Waals surface area contributed by atoms with E-state index in [0.29, 0.717) is 53.6 Å². The Bertz CT molecular complexity index is 2760. The molecule has 7 N–H and O–H groups in total. The fourth-order valence-corrected chi connectivity index (χ4v) is 6.03. The number of carboxylic acid groups (broad SMARTS) is 1. The van der Waals surface area contributed by atoms with E-state index in [1.165, 1.54) is 91.0 Å². The van der Waals surface area contributed by atoms with Crippen molar-refractivity contribution in [1.82, 2.24) is 9.97 Å².